The monoisotopic (exact) mass is 331 g/mol. The number of nitrogens with zero attached hydrogens (tertiary/aromatic N) is 1. The fourth-order valence-corrected chi connectivity index (χ4v) is 3.50. The number of aromatic nitrogens is 1. The van der Waals surface area contributed by atoms with Crippen molar-refractivity contribution in [2.24, 2.45) is 5.92 Å². The second kappa shape index (κ2) is 7.10. The highest BCUT2D eigenvalue weighted by Crippen LogP contribution is 2.25. The Morgan fingerprint density at radius 2 is 2.13 bits per heavy atom. The first kappa shape index (κ1) is 16.0. The first-order chi connectivity index (χ1) is 11.1. The Morgan fingerprint density at radius 1 is 1.35 bits per heavy atom. The molecule has 0 aliphatic heterocycles. The van der Waals surface area contributed by atoms with Crippen molar-refractivity contribution in [2.45, 2.75) is 32.3 Å². The van der Waals surface area contributed by atoms with Crippen LogP contribution in [0.1, 0.15) is 24.3 Å². The molecule has 1 aliphatic rings. The largest absolute Gasteiger partial charge is 0.393 e. The second-order valence-corrected chi connectivity index (χ2v) is 6.98. The molecule has 2 atom stereocenters. The summed E-state index contributed by atoms with van der Waals surface area (Å²) in [6, 6.07) is 7.40. The summed E-state index contributed by atoms with van der Waals surface area (Å²) in [7, 11) is 0. The molecule has 1 aromatic carbocycles. The molecule has 0 spiro atoms. The van der Waals surface area contributed by atoms with Crippen LogP contribution in [0.3, 0.4) is 0 Å². The van der Waals surface area contributed by atoms with Crippen molar-refractivity contribution in [1.29, 1.82) is 0 Å². The fraction of sp³-hybridized carbons (Fsp3) is 0.412. The highest BCUT2D eigenvalue weighted by Gasteiger charge is 2.25. The summed E-state index contributed by atoms with van der Waals surface area (Å²) in [6.45, 7) is 2.50. The van der Waals surface area contributed by atoms with Gasteiger partial charge in [0.2, 0.25) is 0 Å². The third-order valence-electron chi connectivity index (χ3n) is 4.20. The quantitative estimate of drug-likeness (QED) is 0.804. The van der Waals surface area contributed by atoms with Gasteiger partial charge in [-0.1, -0.05) is 18.6 Å². The Hall–Kier alpha value is -1.92. The molecule has 122 valence electrons. The van der Waals surface area contributed by atoms with E-state index in [2.05, 4.69) is 15.6 Å². The van der Waals surface area contributed by atoms with Crippen LogP contribution in [0.2, 0.25) is 0 Å². The number of amides is 2. The third kappa shape index (κ3) is 4.09. The van der Waals surface area contributed by atoms with Gasteiger partial charge in [-0.3, -0.25) is 0 Å². The number of urea groups is 1. The summed E-state index contributed by atoms with van der Waals surface area (Å²) < 4.78 is 0. The van der Waals surface area contributed by atoms with Gasteiger partial charge in [-0.15, -0.1) is 11.3 Å². The predicted molar refractivity (Wildman–Crippen MR) is 92.7 cm³/mol. The van der Waals surface area contributed by atoms with Gasteiger partial charge in [0.05, 0.1) is 16.8 Å². The number of carbonyl (C=O) groups excluding carboxylic acids is 1. The van der Waals surface area contributed by atoms with E-state index in [9.17, 15) is 9.90 Å². The Balaban J connectivity index is 1.52. The Labute approximate surface area is 139 Å². The normalized spacial score (nSPS) is 20.4. The average molecular weight is 331 g/mol. The minimum absolute atomic E-state index is 0.177. The highest BCUT2D eigenvalue weighted by molar-refractivity contribution is 7.09. The second-order valence-electron chi connectivity index (χ2n) is 5.92. The number of aryl methyl sites for hydroxylation is 1. The van der Waals surface area contributed by atoms with Crippen LogP contribution in [-0.4, -0.2) is 28.8 Å². The van der Waals surface area contributed by atoms with Crippen LogP contribution in [0.4, 0.5) is 10.5 Å². The van der Waals surface area contributed by atoms with Crippen molar-refractivity contribution >= 4 is 23.1 Å². The lowest BCUT2D eigenvalue weighted by Gasteiger charge is -2.15. The molecule has 2 amide bonds. The molecule has 1 heterocycles. The zero-order valence-electron chi connectivity index (χ0n) is 13.1. The van der Waals surface area contributed by atoms with E-state index >= 15 is 0 Å². The molecular formula is C17H21N3O2S. The molecule has 1 fully saturated rings. The van der Waals surface area contributed by atoms with E-state index in [1.807, 2.05) is 36.6 Å². The lowest BCUT2D eigenvalue weighted by Crippen LogP contribution is -2.35. The van der Waals surface area contributed by atoms with E-state index in [0.717, 1.165) is 41.2 Å². The minimum Gasteiger partial charge on any atom is -0.393 e. The number of aliphatic hydroxyl groups is 1. The number of hydrogen-bond acceptors (Lipinski definition) is 4. The number of aliphatic hydroxyl groups excluding tert-OH is 1. The van der Waals surface area contributed by atoms with Gasteiger partial charge in [0.25, 0.3) is 0 Å². The van der Waals surface area contributed by atoms with Crippen LogP contribution in [0.5, 0.6) is 0 Å². The molecule has 0 unspecified atom stereocenters. The lowest BCUT2D eigenvalue weighted by atomic mass is 10.1. The molecule has 1 aliphatic carbocycles. The number of hydrogen-bond donors (Lipinski definition) is 3. The maximum Gasteiger partial charge on any atom is 0.319 e. The van der Waals surface area contributed by atoms with E-state index in [1.165, 1.54) is 0 Å². The molecule has 3 rings (SSSR count). The lowest BCUT2D eigenvalue weighted by molar-refractivity contribution is 0.133. The number of benzene rings is 1. The van der Waals surface area contributed by atoms with Crippen molar-refractivity contribution in [3.8, 4) is 11.3 Å². The molecule has 0 bridgehead atoms. The SMILES string of the molecule is Cc1nc(-c2ccc(NC(=O)NC[C@H]3CCC[C@@H]3O)cc2)cs1. The Bertz CT molecular complexity index is 669. The van der Waals surface area contributed by atoms with Gasteiger partial charge in [-0.2, -0.15) is 0 Å². The van der Waals surface area contributed by atoms with Gasteiger partial charge < -0.3 is 15.7 Å². The zero-order chi connectivity index (χ0) is 16.2. The van der Waals surface area contributed by atoms with Gasteiger partial charge in [-0.05, 0) is 31.9 Å². The van der Waals surface area contributed by atoms with Crippen molar-refractivity contribution in [3.05, 3.63) is 34.7 Å². The van der Waals surface area contributed by atoms with Gasteiger partial charge in [0.1, 0.15) is 0 Å². The molecule has 23 heavy (non-hydrogen) atoms. The zero-order valence-corrected chi connectivity index (χ0v) is 13.9. The van der Waals surface area contributed by atoms with Crippen LogP contribution >= 0.6 is 11.3 Å². The van der Waals surface area contributed by atoms with Crippen LogP contribution in [-0.2, 0) is 0 Å². The summed E-state index contributed by atoms with van der Waals surface area (Å²) in [5.74, 6) is 0.177. The number of carbonyl (C=O) groups is 1. The number of rotatable bonds is 4. The standard InChI is InChI=1S/C17H21N3O2S/c1-11-19-15(10-23-11)12-5-7-14(8-6-12)20-17(22)18-9-13-3-2-4-16(13)21/h5-8,10,13,16,21H,2-4,9H2,1H3,(H2,18,20,22)/t13-,16+/m1/s1. The van der Waals surface area contributed by atoms with Crippen molar-refractivity contribution in [3.63, 3.8) is 0 Å². The highest BCUT2D eigenvalue weighted by atomic mass is 32.1. The van der Waals surface area contributed by atoms with Crippen LogP contribution in [0, 0.1) is 12.8 Å². The topological polar surface area (TPSA) is 74.2 Å². The Morgan fingerprint density at radius 3 is 2.74 bits per heavy atom. The summed E-state index contributed by atoms with van der Waals surface area (Å²) in [4.78, 5) is 16.4. The predicted octanol–water partition coefficient (Wildman–Crippen LogP) is 3.40. The first-order valence-corrected chi connectivity index (χ1v) is 8.75. The molecule has 3 N–H and O–H groups in total. The van der Waals surface area contributed by atoms with E-state index in [-0.39, 0.29) is 18.1 Å². The summed E-state index contributed by atoms with van der Waals surface area (Å²) in [5.41, 5.74) is 2.73. The van der Waals surface area contributed by atoms with Gasteiger partial charge in [-0.25, -0.2) is 9.78 Å². The number of nitrogens with one attached hydrogen (secondary N) is 2. The summed E-state index contributed by atoms with van der Waals surface area (Å²) >= 11 is 1.62. The van der Waals surface area contributed by atoms with Gasteiger partial charge in [0, 0.05) is 29.1 Å². The van der Waals surface area contributed by atoms with Crippen LogP contribution in [0.25, 0.3) is 11.3 Å². The molecule has 0 radical (unpaired) electrons. The summed E-state index contributed by atoms with van der Waals surface area (Å²) in [5, 5.41) is 18.5. The van der Waals surface area contributed by atoms with Crippen molar-refractivity contribution in [1.82, 2.24) is 10.3 Å². The van der Waals surface area contributed by atoms with Crippen molar-refractivity contribution in [2.75, 3.05) is 11.9 Å². The van der Waals surface area contributed by atoms with Crippen LogP contribution < -0.4 is 10.6 Å². The van der Waals surface area contributed by atoms with Gasteiger partial charge >= 0.3 is 6.03 Å². The van der Waals surface area contributed by atoms with Crippen molar-refractivity contribution < 1.29 is 9.90 Å². The van der Waals surface area contributed by atoms with E-state index in [1.54, 1.807) is 11.3 Å². The van der Waals surface area contributed by atoms with E-state index < -0.39 is 0 Å². The Kier molecular flexibility index (Phi) is 4.93. The average Bonchev–Trinajstić information content (AvgIpc) is 3.15. The van der Waals surface area contributed by atoms with E-state index in [4.69, 9.17) is 0 Å². The fourth-order valence-electron chi connectivity index (χ4n) is 2.87. The molecular weight excluding hydrogens is 310 g/mol. The molecule has 6 heteroatoms. The maximum absolute atomic E-state index is 11.9. The summed E-state index contributed by atoms with van der Waals surface area (Å²) in [6.07, 6.45) is 2.57. The van der Waals surface area contributed by atoms with Gasteiger partial charge in [0.15, 0.2) is 0 Å². The molecule has 1 aromatic heterocycles. The molecule has 0 saturated heterocycles. The third-order valence-corrected chi connectivity index (χ3v) is 4.97. The first-order valence-electron chi connectivity index (χ1n) is 7.87. The number of anilines is 1. The van der Waals surface area contributed by atoms with E-state index in [0.29, 0.717) is 6.54 Å². The maximum atomic E-state index is 11.9. The number of thiazole rings is 1. The molecule has 5 nitrogen and oxygen atoms in total. The molecule has 2 aromatic rings. The van der Waals surface area contributed by atoms with Crippen LogP contribution in [0.15, 0.2) is 29.6 Å². The molecule has 1 saturated carbocycles. The smallest absolute Gasteiger partial charge is 0.319 e. The minimum atomic E-state index is -0.281.